The molecule has 1 N–H and O–H groups in total. The molecule has 0 bridgehead atoms. The maximum absolute atomic E-state index is 12.5. The largest absolute Gasteiger partial charge is 0.465 e. The minimum Gasteiger partial charge on any atom is -0.465 e. The van der Waals surface area contributed by atoms with Crippen LogP contribution in [0.2, 0.25) is 0 Å². The van der Waals surface area contributed by atoms with Gasteiger partial charge < -0.3 is 10.1 Å². The van der Waals surface area contributed by atoms with Crippen molar-refractivity contribution in [1.82, 2.24) is 0 Å². The van der Waals surface area contributed by atoms with Crippen molar-refractivity contribution in [3.8, 4) is 11.1 Å². The van der Waals surface area contributed by atoms with Crippen molar-refractivity contribution in [3.63, 3.8) is 0 Å². The molecule has 0 saturated carbocycles. The monoisotopic (exact) mass is 493 g/mol. The molecule has 0 unspecified atom stereocenters. The first-order valence-corrected chi connectivity index (χ1v) is 9.99. The van der Waals surface area contributed by atoms with Gasteiger partial charge in [0.1, 0.15) is 10.6 Å². The van der Waals surface area contributed by atoms with E-state index in [-0.39, 0.29) is 5.91 Å². The Bertz CT molecular complexity index is 967. The molecule has 0 saturated heterocycles. The molecular formula is C19H13Br2NO3S. The minimum absolute atomic E-state index is 0.291. The molecular weight excluding hydrogens is 482 g/mol. The first-order valence-electron chi connectivity index (χ1n) is 7.52. The molecule has 1 aromatic heterocycles. The van der Waals surface area contributed by atoms with Gasteiger partial charge in [0.25, 0.3) is 5.91 Å². The van der Waals surface area contributed by atoms with Crippen molar-refractivity contribution in [2.75, 3.05) is 12.4 Å². The van der Waals surface area contributed by atoms with Crippen molar-refractivity contribution >= 4 is 60.1 Å². The first kappa shape index (κ1) is 18.8. The summed E-state index contributed by atoms with van der Waals surface area (Å²) >= 11 is 8.04. The molecule has 2 aromatic carbocycles. The van der Waals surface area contributed by atoms with Gasteiger partial charge in [0.2, 0.25) is 0 Å². The van der Waals surface area contributed by atoms with Crippen LogP contribution in [0.25, 0.3) is 11.1 Å². The minimum atomic E-state index is -0.492. The third-order valence-corrected chi connectivity index (χ3v) is 5.57. The van der Waals surface area contributed by atoms with Gasteiger partial charge in [0, 0.05) is 25.5 Å². The number of methoxy groups -OCH3 is 1. The van der Waals surface area contributed by atoms with Crippen LogP contribution in [0.15, 0.2) is 62.9 Å². The van der Waals surface area contributed by atoms with Crippen LogP contribution in [-0.4, -0.2) is 19.0 Å². The second kappa shape index (κ2) is 8.16. The predicted octanol–water partition coefficient (Wildman–Crippen LogP) is 5.98. The molecule has 1 heterocycles. The van der Waals surface area contributed by atoms with Gasteiger partial charge in [-0.2, -0.15) is 0 Å². The van der Waals surface area contributed by atoms with E-state index in [1.54, 1.807) is 18.2 Å². The SMILES string of the molecule is COC(=O)c1c(-c2ccc(Br)cc2)csc1NC(=O)c1cccc(Br)c1. The lowest BCUT2D eigenvalue weighted by Crippen LogP contribution is -2.14. The average Bonchev–Trinajstić information content (AvgIpc) is 3.05. The third-order valence-electron chi connectivity index (χ3n) is 3.65. The van der Waals surface area contributed by atoms with Gasteiger partial charge in [0.05, 0.1) is 7.11 Å². The summed E-state index contributed by atoms with van der Waals surface area (Å²) in [6, 6.07) is 14.6. The van der Waals surface area contributed by atoms with E-state index in [0.717, 1.165) is 20.1 Å². The summed E-state index contributed by atoms with van der Waals surface area (Å²) in [6.45, 7) is 0. The summed E-state index contributed by atoms with van der Waals surface area (Å²) in [5.41, 5.74) is 2.43. The predicted molar refractivity (Wildman–Crippen MR) is 111 cm³/mol. The zero-order valence-corrected chi connectivity index (χ0v) is 17.6. The van der Waals surface area contributed by atoms with Crippen molar-refractivity contribution in [2.45, 2.75) is 0 Å². The van der Waals surface area contributed by atoms with E-state index in [1.807, 2.05) is 35.7 Å². The van der Waals surface area contributed by atoms with Gasteiger partial charge in [0.15, 0.2) is 0 Å². The summed E-state index contributed by atoms with van der Waals surface area (Å²) in [4.78, 5) is 24.9. The number of carbonyl (C=O) groups excluding carboxylic acids is 2. The number of hydrogen-bond donors (Lipinski definition) is 1. The van der Waals surface area contributed by atoms with E-state index in [2.05, 4.69) is 37.2 Å². The van der Waals surface area contributed by atoms with Crippen LogP contribution >= 0.6 is 43.2 Å². The highest BCUT2D eigenvalue weighted by molar-refractivity contribution is 9.10. The molecule has 4 nitrogen and oxygen atoms in total. The van der Waals surface area contributed by atoms with Crippen LogP contribution in [0.3, 0.4) is 0 Å². The van der Waals surface area contributed by atoms with E-state index in [9.17, 15) is 9.59 Å². The molecule has 132 valence electrons. The smallest absolute Gasteiger partial charge is 0.341 e. The molecule has 0 fully saturated rings. The third kappa shape index (κ3) is 4.06. The maximum atomic E-state index is 12.5. The molecule has 3 aromatic rings. The Kier molecular flexibility index (Phi) is 5.90. The summed E-state index contributed by atoms with van der Waals surface area (Å²) in [5, 5.41) is 5.12. The van der Waals surface area contributed by atoms with Crippen molar-refractivity contribution in [2.24, 2.45) is 0 Å². The molecule has 0 aliphatic carbocycles. The number of benzene rings is 2. The van der Waals surface area contributed by atoms with E-state index in [1.165, 1.54) is 18.4 Å². The fourth-order valence-electron chi connectivity index (χ4n) is 2.40. The number of amides is 1. The van der Waals surface area contributed by atoms with Crippen LogP contribution in [-0.2, 0) is 4.74 Å². The fourth-order valence-corrected chi connectivity index (χ4v) is 4.02. The molecule has 0 aliphatic heterocycles. The number of halogens is 2. The number of anilines is 1. The molecule has 7 heteroatoms. The highest BCUT2D eigenvalue weighted by Gasteiger charge is 2.22. The van der Waals surface area contributed by atoms with E-state index in [0.29, 0.717) is 16.1 Å². The van der Waals surface area contributed by atoms with Crippen LogP contribution < -0.4 is 5.32 Å². The summed E-state index contributed by atoms with van der Waals surface area (Å²) in [6.07, 6.45) is 0. The lowest BCUT2D eigenvalue weighted by molar-refractivity contribution is 0.0603. The van der Waals surface area contributed by atoms with E-state index < -0.39 is 5.97 Å². The van der Waals surface area contributed by atoms with Crippen molar-refractivity contribution < 1.29 is 14.3 Å². The Morgan fingerprint density at radius 1 is 1.04 bits per heavy atom. The summed E-state index contributed by atoms with van der Waals surface area (Å²) in [5.74, 6) is -0.783. The Balaban J connectivity index is 1.98. The molecule has 0 spiro atoms. The number of nitrogens with one attached hydrogen (secondary N) is 1. The van der Waals surface area contributed by atoms with Gasteiger partial charge in [-0.05, 0) is 35.9 Å². The fraction of sp³-hybridized carbons (Fsp3) is 0.0526. The van der Waals surface area contributed by atoms with Crippen LogP contribution in [0.1, 0.15) is 20.7 Å². The lowest BCUT2D eigenvalue weighted by Gasteiger charge is -2.08. The topological polar surface area (TPSA) is 55.4 Å². The van der Waals surface area contributed by atoms with Gasteiger partial charge in [-0.15, -0.1) is 11.3 Å². The first-order chi connectivity index (χ1) is 12.5. The normalized spacial score (nSPS) is 10.4. The molecule has 0 atom stereocenters. The van der Waals surface area contributed by atoms with Gasteiger partial charge in [-0.1, -0.05) is 50.1 Å². The highest BCUT2D eigenvalue weighted by Crippen LogP contribution is 2.36. The average molecular weight is 495 g/mol. The van der Waals surface area contributed by atoms with Gasteiger partial charge >= 0.3 is 5.97 Å². The second-order valence-electron chi connectivity index (χ2n) is 5.32. The van der Waals surface area contributed by atoms with Crippen molar-refractivity contribution in [3.05, 3.63) is 74.0 Å². The highest BCUT2D eigenvalue weighted by atomic mass is 79.9. The Morgan fingerprint density at radius 2 is 1.77 bits per heavy atom. The summed E-state index contributed by atoms with van der Waals surface area (Å²) in [7, 11) is 1.32. The van der Waals surface area contributed by atoms with Crippen LogP contribution in [0.5, 0.6) is 0 Å². The van der Waals surface area contributed by atoms with Crippen LogP contribution in [0.4, 0.5) is 5.00 Å². The molecule has 3 rings (SSSR count). The second-order valence-corrected chi connectivity index (χ2v) is 8.03. The van der Waals surface area contributed by atoms with E-state index >= 15 is 0 Å². The maximum Gasteiger partial charge on any atom is 0.341 e. The quantitative estimate of drug-likeness (QED) is 0.454. The number of thiophene rings is 1. The van der Waals surface area contributed by atoms with Crippen molar-refractivity contribution in [1.29, 1.82) is 0 Å². The standard InChI is InChI=1S/C19H13Br2NO3S/c1-25-19(24)16-15(11-5-7-13(20)8-6-11)10-26-18(16)22-17(23)12-3-2-4-14(21)9-12/h2-10H,1H3,(H,22,23). The van der Waals surface area contributed by atoms with E-state index in [4.69, 9.17) is 4.74 Å². The zero-order chi connectivity index (χ0) is 18.7. The Hall–Kier alpha value is -1.96. The number of ether oxygens (including phenoxy) is 1. The Morgan fingerprint density at radius 3 is 2.42 bits per heavy atom. The zero-order valence-electron chi connectivity index (χ0n) is 13.6. The number of esters is 1. The lowest BCUT2D eigenvalue weighted by atomic mass is 10.0. The number of hydrogen-bond acceptors (Lipinski definition) is 4. The number of carbonyl (C=O) groups is 2. The van der Waals surface area contributed by atoms with Gasteiger partial charge in [-0.3, -0.25) is 4.79 Å². The molecule has 1 amide bonds. The molecule has 0 radical (unpaired) electrons. The Labute approximate surface area is 171 Å². The van der Waals surface area contributed by atoms with Crippen LogP contribution in [0, 0.1) is 0 Å². The number of rotatable bonds is 4. The molecule has 26 heavy (non-hydrogen) atoms. The molecule has 0 aliphatic rings. The summed E-state index contributed by atoms with van der Waals surface area (Å²) < 4.78 is 6.68. The van der Waals surface area contributed by atoms with Gasteiger partial charge in [-0.25, -0.2) is 4.79 Å².